The van der Waals surface area contributed by atoms with Crippen LogP contribution in [0.1, 0.15) is 58.8 Å². The Morgan fingerprint density at radius 2 is 1.73 bits per heavy atom. The Labute approximate surface area is 142 Å². The molecule has 0 aromatic carbocycles. The molecule has 3 nitrogen and oxygen atoms in total. The summed E-state index contributed by atoms with van der Waals surface area (Å²) in [5.74, 6) is 2.09. The van der Waals surface area contributed by atoms with Crippen LogP contribution >= 0.6 is 15.9 Å². The van der Waals surface area contributed by atoms with E-state index < -0.39 is 0 Å². The first-order chi connectivity index (χ1) is 10.3. The van der Waals surface area contributed by atoms with Gasteiger partial charge in [0.05, 0.1) is 12.2 Å². The predicted octanol–water partition coefficient (Wildman–Crippen LogP) is 3.75. The second-order valence-corrected chi connectivity index (χ2v) is 10.5. The molecule has 0 spiro atoms. The molecule has 1 heterocycles. The molecule has 1 aliphatic heterocycles. The van der Waals surface area contributed by atoms with E-state index in [-0.39, 0.29) is 17.6 Å². The highest BCUT2D eigenvalue weighted by molar-refractivity contribution is 9.10. The van der Waals surface area contributed by atoms with Crippen molar-refractivity contribution in [3.63, 3.8) is 0 Å². The van der Waals surface area contributed by atoms with Crippen LogP contribution in [0.3, 0.4) is 0 Å². The number of amides is 1. The van der Waals surface area contributed by atoms with E-state index in [1.165, 1.54) is 38.5 Å². The Bertz CT molecular complexity index is 456. The van der Waals surface area contributed by atoms with Gasteiger partial charge in [-0.3, -0.25) is 4.79 Å². The van der Waals surface area contributed by atoms with Gasteiger partial charge in [-0.1, -0.05) is 15.9 Å². The summed E-state index contributed by atoms with van der Waals surface area (Å²) in [5, 5.41) is 0. The molecule has 1 saturated heterocycles. The Kier molecular flexibility index (Phi) is 3.65. The van der Waals surface area contributed by atoms with Crippen molar-refractivity contribution in [3.8, 4) is 0 Å². The number of hydrogen-bond donors (Lipinski definition) is 0. The number of rotatable bonds is 2. The maximum absolute atomic E-state index is 12.9. The Hall–Kier alpha value is -0.0900. The summed E-state index contributed by atoms with van der Waals surface area (Å²) in [4.78, 5) is 15.0. The molecule has 4 bridgehead atoms. The number of carbonyl (C=O) groups is 1. The summed E-state index contributed by atoms with van der Waals surface area (Å²) >= 11 is 4.05. The third kappa shape index (κ3) is 2.75. The van der Waals surface area contributed by atoms with Crippen LogP contribution in [0.5, 0.6) is 0 Å². The molecule has 5 aliphatic rings. The van der Waals surface area contributed by atoms with Crippen molar-refractivity contribution in [2.75, 3.05) is 13.1 Å². The van der Waals surface area contributed by atoms with Crippen LogP contribution in [-0.2, 0) is 9.53 Å². The van der Waals surface area contributed by atoms with Crippen molar-refractivity contribution in [1.82, 2.24) is 4.90 Å². The SMILES string of the molecule is CC1CN(C(=O)CC23CC4CC(CC(Br)(C4)C2)C3)CC(C)O1. The monoisotopic (exact) mass is 369 g/mol. The molecule has 0 radical (unpaired) electrons. The van der Waals surface area contributed by atoms with Crippen LogP contribution in [0.2, 0.25) is 0 Å². The maximum atomic E-state index is 12.9. The summed E-state index contributed by atoms with van der Waals surface area (Å²) in [6.07, 6.45) is 9.00. The van der Waals surface area contributed by atoms with Gasteiger partial charge in [0.2, 0.25) is 5.91 Å². The lowest BCUT2D eigenvalue weighted by atomic mass is 9.48. The lowest BCUT2D eigenvalue weighted by molar-refractivity contribution is -0.149. The average molecular weight is 370 g/mol. The van der Waals surface area contributed by atoms with Gasteiger partial charge in [0.15, 0.2) is 0 Å². The third-order valence-corrected chi connectivity index (χ3v) is 7.34. The van der Waals surface area contributed by atoms with Crippen LogP contribution in [-0.4, -0.2) is 40.4 Å². The summed E-state index contributed by atoms with van der Waals surface area (Å²) in [7, 11) is 0. The molecular formula is C18H28BrNO2. The van der Waals surface area contributed by atoms with Gasteiger partial charge in [-0.15, -0.1) is 0 Å². The molecule has 4 saturated carbocycles. The van der Waals surface area contributed by atoms with Gasteiger partial charge in [-0.25, -0.2) is 0 Å². The second kappa shape index (κ2) is 5.20. The summed E-state index contributed by atoms with van der Waals surface area (Å²) in [6, 6.07) is 0. The van der Waals surface area contributed by atoms with E-state index >= 15 is 0 Å². The smallest absolute Gasteiger partial charge is 0.223 e. The fourth-order valence-corrected chi connectivity index (χ4v) is 7.87. The Morgan fingerprint density at radius 3 is 2.27 bits per heavy atom. The van der Waals surface area contributed by atoms with E-state index in [9.17, 15) is 4.79 Å². The Balaban J connectivity index is 1.47. The topological polar surface area (TPSA) is 29.5 Å². The maximum Gasteiger partial charge on any atom is 0.223 e. The van der Waals surface area contributed by atoms with Crippen molar-refractivity contribution in [2.24, 2.45) is 17.3 Å². The first-order valence-corrected chi connectivity index (χ1v) is 9.76. The first-order valence-electron chi connectivity index (χ1n) is 8.97. The molecule has 4 unspecified atom stereocenters. The zero-order chi connectivity index (χ0) is 15.5. The van der Waals surface area contributed by atoms with E-state index in [1.807, 2.05) is 0 Å². The third-order valence-electron chi connectivity index (χ3n) is 6.41. The molecule has 22 heavy (non-hydrogen) atoms. The number of ether oxygens (including phenoxy) is 1. The largest absolute Gasteiger partial charge is 0.372 e. The van der Waals surface area contributed by atoms with Gasteiger partial charge in [0.1, 0.15) is 0 Å². The number of halogens is 1. The summed E-state index contributed by atoms with van der Waals surface area (Å²) in [6.45, 7) is 5.69. The van der Waals surface area contributed by atoms with E-state index in [1.54, 1.807) is 0 Å². The molecule has 4 atom stereocenters. The Morgan fingerprint density at radius 1 is 1.14 bits per heavy atom. The number of carbonyl (C=O) groups excluding carboxylic acids is 1. The highest BCUT2D eigenvalue weighted by atomic mass is 79.9. The van der Waals surface area contributed by atoms with Crippen LogP contribution in [0, 0.1) is 17.3 Å². The van der Waals surface area contributed by atoms with Gasteiger partial charge in [0, 0.05) is 23.8 Å². The van der Waals surface area contributed by atoms with Crippen LogP contribution < -0.4 is 0 Å². The minimum Gasteiger partial charge on any atom is -0.372 e. The number of nitrogens with zero attached hydrogens (tertiary/aromatic N) is 1. The molecule has 5 rings (SSSR count). The van der Waals surface area contributed by atoms with Gasteiger partial charge in [-0.05, 0) is 69.6 Å². The summed E-state index contributed by atoms with van der Waals surface area (Å²) in [5.41, 5.74) is 0.287. The van der Waals surface area contributed by atoms with Crippen molar-refractivity contribution >= 4 is 21.8 Å². The van der Waals surface area contributed by atoms with E-state index in [0.717, 1.165) is 31.3 Å². The highest BCUT2D eigenvalue weighted by Crippen LogP contribution is 2.65. The minimum absolute atomic E-state index is 0.173. The standard InChI is InChI=1S/C18H28BrNO2/c1-12-9-20(10-13(2)22-12)16(21)8-17-4-14-3-15(5-17)7-18(19,6-14)11-17/h12-15H,3-11H2,1-2H3. The van der Waals surface area contributed by atoms with Crippen molar-refractivity contribution in [1.29, 1.82) is 0 Å². The van der Waals surface area contributed by atoms with Crippen molar-refractivity contribution in [2.45, 2.75) is 75.3 Å². The molecule has 0 aromatic heterocycles. The lowest BCUT2D eigenvalue weighted by Gasteiger charge is -2.60. The molecule has 1 amide bonds. The zero-order valence-electron chi connectivity index (χ0n) is 13.8. The number of hydrogen-bond acceptors (Lipinski definition) is 2. The van der Waals surface area contributed by atoms with E-state index in [4.69, 9.17) is 4.74 Å². The van der Waals surface area contributed by atoms with Gasteiger partial charge >= 0.3 is 0 Å². The normalized spacial score (nSPS) is 50.4. The van der Waals surface area contributed by atoms with Gasteiger partial charge in [0.25, 0.3) is 0 Å². The van der Waals surface area contributed by atoms with E-state index in [2.05, 4.69) is 34.7 Å². The van der Waals surface area contributed by atoms with E-state index in [0.29, 0.717) is 10.2 Å². The van der Waals surface area contributed by atoms with Crippen molar-refractivity contribution in [3.05, 3.63) is 0 Å². The number of alkyl halides is 1. The molecular weight excluding hydrogens is 342 g/mol. The van der Waals surface area contributed by atoms with Gasteiger partial charge < -0.3 is 9.64 Å². The molecule has 4 heteroatoms. The van der Waals surface area contributed by atoms with Crippen LogP contribution in [0.25, 0.3) is 0 Å². The summed E-state index contributed by atoms with van der Waals surface area (Å²) < 4.78 is 6.13. The number of morpholine rings is 1. The highest BCUT2D eigenvalue weighted by Gasteiger charge is 2.57. The predicted molar refractivity (Wildman–Crippen MR) is 90.0 cm³/mol. The van der Waals surface area contributed by atoms with Gasteiger partial charge in [-0.2, -0.15) is 0 Å². The zero-order valence-corrected chi connectivity index (χ0v) is 15.4. The molecule has 5 fully saturated rings. The van der Waals surface area contributed by atoms with Crippen LogP contribution in [0.4, 0.5) is 0 Å². The van der Waals surface area contributed by atoms with Crippen LogP contribution in [0.15, 0.2) is 0 Å². The molecule has 0 N–H and O–H groups in total. The molecule has 124 valence electrons. The fraction of sp³-hybridized carbons (Fsp3) is 0.944. The lowest BCUT2D eigenvalue weighted by Crippen LogP contribution is -2.55. The minimum atomic E-state index is 0.173. The first kappa shape index (κ1) is 15.4. The average Bonchev–Trinajstić information content (AvgIpc) is 2.33. The molecule has 4 aliphatic carbocycles. The second-order valence-electron chi connectivity index (χ2n) is 8.84. The van der Waals surface area contributed by atoms with Crippen molar-refractivity contribution < 1.29 is 9.53 Å². The fourth-order valence-electron chi connectivity index (χ4n) is 6.36. The quantitative estimate of drug-likeness (QED) is 0.693. The molecule has 0 aromatic rings.